The Hall–Kier alpha value is -2.53. The summed E-state index contributed by atoms with van der Waals surface area (Å²) >= 11 is 0. The van der Waals surface area contributed by atoms with E-state index in [1.165, 1.54) is 11.1 Å². The van der Waals surface area contributed by atoms with E-state index in [0.717, 1.165) is 16.3 Å². The quantitative estimate of drug-likeness (QED) is 0.815. The number of rotatable bonds is 3. The number of amides is 2. The Balaban J connectivity index is 2.01. The first kappa shape index (κ1) is 16.3. The van der Waals surface area contributed by atoms with Crippen molar-refractivity contribution in [3.8, 4) is 0 Å². The molecule has 24 heavy (non-hydrogen) atoms. The third-order valence-electron chi connectivity index (χ3n) is 4.35. The molecule has 124 valence electrons. The number of imide groups is 1. The minimum Gasteiger partial charge on any atom is -0.273 e. The van der Waals surface area contributed by atoms with Crippen LogP contribution in [-0.2, 0) is 16.1 Å². The highest BCUT2D eigenvalue weighted by molar-refractivity contribution is 6.02. The molecule has 0 saturated carbocycles. The van der Waals surface area contributed by atoms with Gasteiger partial charge in [0.2, 0.25) is 5.91 Å². The van der Waals surface area contributed by atoms with Gasteiger partial charge in [-0.25, -0.2) is 10.0 Å². The van der Waals surface area contributed by atoms with Gasteiger partial charge < -0.3 is 0 Å². The van der Waals surface area contributed by atoms with Crippen LogP contribution in [0.15, 0.2) is 48.8 Å². The van der Waals surface area contributed by atoms with Crippen molar-refractivity contribution in [1.82, 2.24) is 15.0 Å². The molecule has 2 aromatic rings. The van der Waals surface area contributed by atoms with Gasteiger partial charge in [-0.15, -0.1) is 0 Å². The van der Waals surface area contributed by atoms with Crippen LogP contribution < -0.4 is 0 Å². The Labute approximate surface area is 141 Å². The first-order valence-electron chi connectivity index (χ1n) is 8.03. The van der Waals surface area contributed by atoms with E-state index in [9.17, 15) is 9.59 Å². The maximum atomic E-state index is 12.4. The lowest BCUT2D eigenvalue weighted by Gasteiger charge is -2.35. The lowest BCUT2D eigenvalue weighted by atomic mass is 10.0. The van der Waals surface area contributed by atoms with Gasteiger partial charge in [0.15, 0.2) is 0 Å². The van der Waals surface area contributed by atoms with Crippen LogP contribution in [0.3, 0.4) is 0 Å². The van der Waals surface area contributed by atoms with E-state index in [2.05, 4.69) is 4.98 Å². The van der Waals surface area contributed by atoms with Crippen LogP contribution in [0.25, 0.3) is 10.8 Å². The second-order valence-electron chi connectivity index (χ2n) is 6.61. The summed E-state index contributed by atoms with van der Waals surface area (Å²) in [5, 5.41) is 5.24. The van der Waals surface area contributed by atoms with Crippen LogP contribution in [0.1, 0.15) is 32.8 Å². The number of hydrogen-bond donors (Lipinski definition) is 0. The van der Waals surface area contributed by atoms with E-state index in [0.29, 0.717) is 13.0 Å². The third kappa shape index (κ3) is 2.83. The molecule has 3 rings (SSSR count). The summed E-state index contributed by atoms with van der Waals surface area (Å²) < 4.78 is 0. The molecule has 1 saturated heterocycles. The Kier molecular flexibility index (Phi) is 4.20. The Bertz CT molecular complexity index is 821. The maximum absolute atomic E-state index is 12.4. The molecule has 0 bridgehead atoms. The minimum atomic E-state index is -0.425. The number of pyridine rings is 1. The summed E-state index contributed by atoms with van der Waals surface area (Å²) in [5.41, 5.74) is 0.569. The SMILES string of the molecule is C/C=C/C(=O)N1C(=O)CC(C)(C)N1Cc1cncc2ccccc12. The van der Waals surface area contributed by atoms with E-state index in [4.69, 9.17) is 0 Å². The number of hydrazine groups is 1. The van der Waals surface area contributed by atoms with Crippen molar-refractivity contribution in [1.29, 1.82) is 0 Å². The molecular formula is C19H21N3O2. The van der Waals surface area contributed by atoms with Crippen molar-refractivity contribution >= 4 is 22.6 Å². The van der Waals surface area contributed by atoms with Crippen LogP contribution in [0.2, 0.25) is 0 Å². The summed E-state index contributed by atoms with van der Waals surface area (Å²) in [5.74, 6) is -0.474. The average molecular weight is 323 g/mol. The normalized spacial score (nSPS) is 18.0. The molecule has 1 aliphatic heterocycles. The van der Waals surface area contributed by atoms with Crippen molar-refractivity contribution < 1.29 is 9.59 Å². The number of carbonyl (C=O) groups is 2. The van der Waals surface area contributed by atoms with E-state index in [1.807, 2.05) is 49.3 Å². The largest absolute Gasteiger partial charge is 0.273 e. The van der Waals surface area contributed by atoms with Gasteiger partial charge in [-0.1, -0.05) is 30.3 Å². The first-order chi connectivity index (χ1) is 11.4. The second kappa shape index (κ2) is 6.17. The van der Waals surface area contributed by atoms with Crippen molar-refractivity contribution in [3.63, 3.8) is 0 Å². The van der Waals surface area contributed by atoms with Gasteiger partial charge in [0.1, 0.15) is 0 Å². The lowest BCUT2D eigenvalue weighted by Crippen LogP contribution is -2.48. The number of allylic oxidation sites excluding steroid dienone is 1. The molecule has 0 N–H and O–H groups in total. The zero-order valence-corrected chi connectivity index (χ0v) is 14.2. The van der Waals surface area contributed by atoms with Crippen molar-refractivity contribution in [2.24, 2.45) is 0 Å². The smallest absolute Gasteiger partial charge is 0.267 e. The highest BCUT2D eigenvalue weighted by Gasteiger charge is 2.46. The Morgan fingerprint density at radius 3 is 2.79 bits per heavy atom. The van der Waals surface area contributed by atoms with E-state index in [1.54, 1.807) is 19.2 Å². The average Bonchev–Trinajstić information content (AvgIpc) is 2.76. The van der Waals surface area contributed by atoms with Crippen LogP contribution in [0.4, 0.5) is 0 Å². The molecule has 2 amide bonds. The van der Waals surface area contributed by atoms with Crippen molar-refractivity contribution in [2.75, 3.05) is 0 Å². The number of carbonyl (C=O) groups excluding carboxylic acids is 2. The molecular weight excluding hydrogens is 302 g/mol. The highest BCUT2D eigenvalue weighted by atomic mass is 16.2. The molecule has 1 aromatic heterocycles. The van der Waals surface area contributed by atoms with Gasteiger partial charge in [0, 0.05) is 42.4 Å². The molecule has 5 heteroatoms. The van der Waals surface area contributed by atoms with Crippen LogP contribution in [-0.4, -0.2) is 32.4 Å². The van der Waals surface area contributed by atoms with E-state index in [-0.39, 0.29) is 11.8 Å². The number of nitrogens with zero attached hydrogens (tertiary/aromatic N) is 3. The van der Waals surface area contributed by atoms with Gasteiger partial charge in [-0.05, 0) is 31.7 Å². The first-order valence-corrected chi connectivity index (χ1v) is 8.03. The summed E-state index contributed by atoms with van der Waals surface area (Å²) in [6.07, 6.45) is 7.02. The molecule has 2 heterocycles. The van der Waals surface area contributed by atoms with E-state index >= 15 is 0 Å². The molecule has 0 atom stereocenters. The minimum absolute atomic E-state index is 0.170. The number of benzene rings is 1. The maximum Gasteiger partial charge on any atom is 0.267 e. The number of aromatic nitrogens is 1. The summed E-state index contributed by atoms with van der Waals surface area (Å²) in [4.78, 5) is 29.1. The number of fused-ring (bicyclic) bond motifs is 1. The van der Waals surface area contributed by atoms with Gasteiger partial charge in [-0.3, -0.25) is 14.6 Å². The predicted octanol–water partition coefficient (Wildman–Crippen LogP) is 3.07. The predicted molar refractivity (Wildman–Crippen MR) is 92.6 cm³/mol. The fraction of sp³-hybridized carbons (Fsp3) is 0.316. The summed E-state index contributed by atoms with van der Waals surface area (Å²) in [6.45, 7) is 6.18. The van der Waals surface area contributed by atoms with Crippen LogP contribution in [0.5, 0.6) is 0 Å². The topological polar surface area (TPSA) is 53.5 Å². The second-order valence-corrected chi connectivity index (χ2v) is 6.61. The zero-order chi connectivity index (χ0) is 17.3. The van der Waals surface area contributed by atoms with Crippen molar-refractivity contribution in [2.45, 2.75) is 39.3 Å². The van der Waals surface area contributed by atoms with Crippen molar-refractivity contribution in [3.05, 3.63) is 54.4 Å². The molecule has 1 aliphatic rings. The Morgan fingerprint density at radius 2 is 2.04 bits per heavy atom. The molecule has 1 fully saturated rings. The van der Waals surface area contributed by atoms with Gasteiger partial charge in [0.05, 0.1) is 0 Å². The van der Waals surface area contributed by atoms with Crippen LogP contribution in [0, 0.1) is 0 Å². The molecule has 0 aliphatic carbocycles. The molecule has 0 spiro atoms. The van der Waals surface area contributed by atoms with Gasteiger partial charge >= 0.3 is 0 Å². The highest BCUT2D eigenvalue weighted by Crippen LogP contribution is 2.33. The summed E-state index contributed by atoms with van der Waals surface area (Å²) in [7, 11) is 0. The fourth-order valence-electron chi connectivity index (χ4n) is 3.15. The zero-order valence-electron chi connectivity index (χ0n) is 14.2. The molecule has 5 nitrogen and oxygen atoms in total. The Morgan fingerprint density at radius 1 is 1.29 bits per heavy atom. The number of hydrogen-bond acceptors (Lipinski definition) is 4. The van der Waals surface area contributed by atoms with Gasteiger partial charge in [-0.2, -0.15) is 0 Å². The third-order valence-corrected chi connectivity index (χ3v) is 4.35. The monoisotopic (exact) mass is 323 g/mol. The summed E-state index contributed by atoms with van der Waals surface area (Å²) in [6, 6.07) is 8.00. The molecule has 0 unspecified atom stereocenters. The van der Waals surface area contributed by atoms with E-state index < -0.39 is 5.54 Å². The lowest BCUT2D eigenvalue weighted by molar-refractivity contribution is -0.157. The van der Waals surface area contributed by atoms with Gasteiger partial charge in [0.25, 0.3) is 5.91 Å². The van der Waals surface area contributed by atoms with Crippen LogP contribution >= 0.6 is 0 Å². The fourth-order valence-corrected chi connectivity index (χ4v) is 3.15. The standard InChI is InChI=1S/C19H21N3O2/c1-4-7-17(23)22-18(24)10-19(2,3)21(22)13-15-12-20-11-14-8-5-6-9-16(14)15/h4-9,11-12H,10,13H2,1-3H3/b7-4+. The molecule has 0 radical (unpaired) electrons. The molecule has 1 aromatic carbocycles.